The number of anilines is 2. The smallest absolute Gasteiger partial charge is 0.224 e. The lowest BCUT2D eigenvalue weighted by Gasteiger charge is -2.38. The Bertz CT molecular complexity index is 1050. The Balaban J connectivity index is 1.23. The number of aliphatic hydroxyl groups excluding tert-OH is 1. The summed E-state index contributed by atoms with van der Waals surface area (Å²) in [7, 11) is 2.11. The minimum Gasteiger partial charge on any atom is -0.387 e. The first kappa shape index (κ1) is 25.0. The number of benzene rings is 3. The summed E-state index contributed by atoms with van der Waals surface area (Å²) in [6.07, 6.45) is 3.91. The second kappa shape index (κ2) is 12.5. The summed E-state index contributed by atoms with van der Waals surface area (Å²) in [5, 5.41) is 13.6. The van der Waals surface area contributed by atoms with E-state index in [1.165, 1.54) is 5.56 Å². The molecule has 1 heterocycles. The second-order valence-corrected chi connectivity index (χ2v) is 9.52. The van der Waals surface area contributed by atoms with Crippen molar-refractivity contribution in [1.29, 1.82) is 0 Å². The summed E-state index contributed by atoms with van der Waals surface area (Å²) in [6, 6.07) is 28.8. The third-order valence-electron chi connectivity index (χ3n) is 6.94. The summed E-state index contributed by atoms with van der Waals surface area (Å²) in [6.45, 7) is 2.57. The molecule has 0 bridgehead atoms. The molecule has 1 aliphatic heterocycles. The molecular formula is C30H37N3O2. The van der Waals surface area contributed by atoms with E-state index in [0.717, 1.165) is 55.7 Å². The van der Waals surface area contributed by atoms with Crippen LogP contribution < -0.4 is 10.2 Å². The van der Waals surface area contributed by atoms with Crippen LogP contribution in [0.25, 0.3) is 0 Å². The minimum absolute atomic E-state index is 0.0652. The fourth-order valence-electron chi connectivity index (χ4n) is 4.87. The molecule has 5 nitrogen and oxygen atoms in total. The lowest BCUT2D eigenvalue weighted by molar-refractivity contribution is -0.116. The Hall–Kier alpha value is -3.15. The molecule has 0 aromatic heterocycles. The maximum Gasteiger partial charge on any atom is 0.224 e. The summed E-state index contributed by atoms with van der Waals surface area (Å²) in [4.78, 5) is 17.1. The van der Waals surface area contributed by atoms with Crippen LogP contribution in [0.2, 0.25) is 0 Å². The number of carbonyl (C=O) groups excluding carboxylic acids is 1. The first-order chi connectivity index (χ1) is 17.1. The number of nitrogens with one attached hydrogen (secondary N) is 1. The highest BCUT2D eigenvalue weighted by Crippen LogP contribution is 2.26. The van der Waals surface area contributed by atoms with Crippen molar-refractivity contribution in [1.82, 2.24) is 4.90 Å². The maximum atomic E-state index is 12.4. The lowest BCUT2D eigenvalue weighted by Crippen LogP contribution is -2.44. The highest BCUT2D eigenvalue weighted by Gasteiger charge is 2.24. The molecule has 35 heavy (non-hydrogen) atoms. The maximum absolute atomic E-state index is 12.4. The van der Waals surface area contributed by atoms with Crippen molar-refractivity contribution >= 4 is 17.3 Å². The first-order valence-corrected chi connectivity index (χ1v) is 12.7. The molecule has 1 atom stereocenters. The van der Waals surface area contributed by atoms with Gasteiger partial charge in [0.25, 0.3) is 0 Å². The molecule has 3 aromatic carbocycles. The number of piperidine rings is 1. The molecule has 0 unspecified atom stereocenters. The van der Waals surface area contributed by atoms with E-state index in [9.17, 15) is 9.90 Å². The monoisotopic (exact) mass is 471 g/mol. The van der Waals surface area contributed by atoms with Crippen LogP contribution in [0.5, 0.6) is 0 Å². The Kier molecular flexibility index (Phi) is 8.93. The van der Waals surface area contributed by atoms with E-state index in [1.807, 2.05) is 60.7 Å². The highest BCUT2D eigenvalue weighted by atomic mass is 16.3. The van der Waals surface area contributed by atoms with Gasteiger partial charge in [-0.25, -0.2) is 0 Å². The van der Waals surface area contributed by atoms with Gasteiger partial charge in [0.05, 0.1) is 6.10 Å². The summed E-state index contributed by atoms with van der Waals surface area (Å²) in [5.74, 6) is 0.0652. The van der Waals surface area contributed by atoms with Gasteiger partial charge >= 0.3 is 0 Å². The molecule has 2 N–H and O–H groups in total. The number of hydrogen-bond acceptors (Lipinski definition) is 4. The van der Waals surface area contributed by atoms with Crippen LogP contribution in [0.15, 0.2) is 84.9 Å². The number of likely N-dealkylation sites (N-methyl/N-ethyl adjacent to an activating group) is 1. The predicted octanol–water partition coefficient (Wildman–Crippen LogP) is 5.28. The van der Waals surface area contributed by atoms with E-state index in [1.54, 1.807) is 0 Å². The zero-order valence-electron chi connectivity index (χ0n) is 20.6. The van der Waals surface area contributed by atoms with Gasteiger partial charge in [0, 0.05) is 43.5 Å². The fraction of sp³-hybridized carbons (Fsp3) is 0.367. The van der Waals surface area contributed by atoms with Gasteiger partial charge in [0.15, 0.2) is 0 Å². The fourth-order valence-corrected chi connectivity index (χ4v) is 4.87. The number of hydrogen-bond donors (Lipinski definition) is 2. The Morgan fingerprint density at radius 2 is 1.69 bits per heavy atom. The number of carbonyl (C=O) groups is 1. The number of nitrogens with zero attached hydrogens (tertiary/aromatic N) is 2. The van der Waals surface area contributed by atoms with E-state index in [-0.39, 0.29) is 5.91 Å². The Morgan fingerprint density at radius 3 is 2.40 bits per heavy atom. The minimum atomic E-state index is -0.466. The van der Waals surface area contributed by atoms with Crippen molar-refractivity contribution < 1.29 is 9.90 Å². The summed E-state index contributed by atoms with van der Waals surface area (Å²) in [5.41, 5.74) is 4.25. The molecule has 184 valence electrons. The van der Waals surface area contributed by atoms with Gasteiger partial charge < -0.3 is 20.2 Å². The molecule has 4 rings (SSSR count). The summed E-state index contributed by atoms with van der Waals surface area (Å²) >= 11 is 0. The van der Waals surface area contributed by atoms with Crippen molar-refractivity contribution in [3.63, 3.8) is 0 Å². The molecule has 0 saturated carbocycles. The van der Waals surface area contributed by atoms with Crippen LogP contribution in [0.1, 0.15) is 42.9 Å². The standard InChI is InChI=1S/C30H37N3O2/c1-32(23-29(34)25-13-6-3-7-14-25)27-18-20-33(21-19-27)28-16-9-15-26(22-28)31-30(35)17-8-12-24-10-4-2-5-11-24/h2-7,9-11,13-16,22,27,29,34H,8,12,17-21,23H2,1H3,(H,31,35)/t29-/m0/s1. The van der Waals surface area contributed by atoms with Crippen molar-refractivity contribution in [3.8, 4) is 0 Å². The zero-order valence-corrected chi connectivity index (χ0v) is 20.6. The first-order valence-electron chi connectivity index (χ1n) is 12.7. The van der Waals surface area contributed by atoms with Crippen molar-refractivity contribution in [2.24, 2.45) is 0 Å². The normalized spacial score (nSPS) is 15.2. The largest absolute Gasteiger partial charge is 0.387 e. The zero-order chi connectivity index (χ0) is 24.5. The Labute approximate surface area is 209 Å². The van der Waals surface area contributed by atoms with E-state index < -0.39 is 6.10 Å². The van der Waals surface area contributed by atoms with E-state index in [2.05, 4.69) is 46.4 Å². The van der Waals surface area contributed by atoms with Gasteiger partial charge in [0.1, 0.15) is 0 Å². The van der Waals surface area contributed by atoms with Gasteiger partial charge in [-0.2, -0.15) is 0 Å². The Morgan fingerprint density at radius 1 is 1.00 bits per heavy atom. The molecule has 1 amide bonds. The second-order valence-electron chi connectivity index (χ2n) is 9.52. The highest BCUT2D eigenvalue weighted by molar-refractivity contribution is 5.91. The summed E-state index contributed by atoms with van der Waals surface area (Å²) < 4.78 is 0. The van der Waals surface area contributed by atoms with Gasteiger partial charge in [-0.15, -0.1) is 0 Å². The molecule has 1 aliphatic rings. The molecular weight excluding hydrogens is 434 g/mol. The lowest BCUT2D eigenvalue weighted by atomic mass is 10.0. The van der Waals surface area contributed by atoms with Crippen LogP contribution in [0.3, 0.4) is 0 Å². The molecule has 5 heteroatoms. The number of aliphatic hydroxyl groups is 1. The van der Waals surface area contributed by atoms with Crippen molar-refractivity contribution in [2.75, 3.05) is 36.9 Å². The van der Waals surface area contributed by atoms with Gasteiger partial charge in [-0.3, -0.25) is 4.79 Å². The molecule has 3 aromatic rings. The number of amides is 1. The molecule has 0 radical (unpaired) electrons. The van der Waals surface area contributed by atoms with Crippen LogP contribution in [-0.4, -0.2) is 48.6 Å². The quantitative estimate of drug-likeness (QED) is 0.422. The third kappa shape index (κ3) is 7.41. The van der Waals surface area contributed by atoms with Gasteiger partial charge in [-0.05, 0) is 62.1 Å². The number of aryl methyl sites for hydroxylation is 1. The molecule has 0 aliphatic carbocycles. The van der Waals surface area contributed by atoms with E-state index in [4.69, 9.17) is 0 Å². The van der Waals surface area contributed by atoms with Crippen LogP contribution in [0.4, 0.5) is 11.4 Å². The molecule has 0 spiro atoms. The van der Waals surface area contributed by atoms with Crippen LogP contribution in [-0.2, 0) is 11.2 Å². The van der Waals surface area contributed by atoms with Gasteiger partial charge in [-0.1, -0.05) is 66.7 Å². The topological polar surface area (TPSA) is 55.8 Å². The molecule has 1 fully saturated rings. The number of rotatable bonds is 10. The van der Waals surface area contributed by atoms with Crippen molar-refractivity contribution in [2.45, 2.75) is 44.2 Å². The third-order valence-corrected chi connectivity index (χ3v) is 6.94. The van der Waals surface area contributed by atoms with Crippen molar-refractivity contribution in [3.05, 3.63) is 96.1 Å². The van der Waals surface area contributed by atoms with Crippen LogP contribution >= 0.6 is 0 Å². The van der Waals surface area contributed by atoms with Gasteiger partial charge in [0.2, 0.25) is 5.91 Å². The van der Waals surface area contributed by atoms with Crippen LogP contribution in [0, 0.1) is 0 Å². The predicted molar refractivity (Wildman–Crippen MR) is 144 cm³/mol. The molecule has 1 saturated heterocycles. The average Bonchev–Trinajstić information content (AvgIpc) is 2.90. The SMILES string of the molecule is CN(C[C@H](O)c1ccccc1)C1CCN(c2cccc(NC(=O)CCCc3ccccc3)c2)CC1. The average molecular weight is 472 g/mol. The van der Waals surface area contributed by atoms with E-state index in [0.29, 0.717) is 19.0 Å². The van der Waals surface area contributed by atoms with E-state index >= 15 is 0 Å².